The fourth-order valence-corrected chi connectivity index (χ4v) is 3.67. The van der Waals surface area contributed by atoms with E-state index in [9.17, 15) is 9.59 Å². The highest BCUT2D eigenvalue weighted by molar-refractivity contribution is 5.85. The molecule has 2 saturated heterocycles. The molecule has 3 rings (SSSR count). The lowest BCUT2D eigenvalue weighted by Gasteiger charge is -2.40. The van der Waals surface area contributed by atoms with Crippen molar-refractivity contribution in [2.45, 2.75) is 25.3 Å². The lowest BCUT2D eigenvalue weighted by molar-refractivity contribution is -0.146. The van der Waals surface area contributed by atoms with Crippen molar-refractivity contribution in [1.29, 1.82) is 0 Å². The number of likely N-dealkylation sites (tertiary alicyclic amines) is 1. The predicted molar refractivity (Wildman–Crippen MR) is 92.1 cm³/mol. The smallest absolute Gasteiger partial charge is 0.323 e. The van der Waals surface area contributed by atoms with Crippen LogP contribution in [0.2, 0.25) is 0 Å². The number of carboxylic acid groups (broad SMARTS) is 1. The first-order valence-corrected chi connectivity index (χ1v) is 8.70. The zero-order valence-corrected chi connectivity index (χ0v) is 13.9. The van der Waals surface area contributed by atoms with Gasteiger partial charge in [-0.1, -0.05) is 18.2 Å². The van der Waals surface area contributed by atoms with Crippen LogP contribution in [0, 0.1) is 0 Å². The fourth-order valence-electron chi connectivity index (χ4n) is 3.67. The van der Waals surface area contributed by atoms with Gasteiger partial charge in [0.2, 0.25) is 5.91 Å². The number of hydrogen-bond acceptors (Lipinski definition) is 4. The minimum absolute atomic E-state index is 0.0111. The van der Waals surface area contributed by atoms with Crippen molar-refractivity contribution in [3.05, 3.63) is 30.3 Å². The normalized spacial score (nSPS) is 23.2. The first-order valence-electron chi connectivity index (χ1n) is 8.70. The maximum Gasteiger partial charge on any atom is 0.323 e. The Hall–Kier alpha value is -2.08. The lowest BCUT2D eigenvalue weighted by Crippen LogP contribution is -2.55. The average Bonchev–Trinajstić information content (AvgIpc) is 2.78. The third-order valence-corrected chi connectivity index (χ3v) is 4.95. The van der Waals surface area contributed by atoms with E-state index < -0.39 is 5.97 Å². The highest BCUT2D eigenvalue weighted by atomic mass is 16.4. The average molecular weight is 331 g/mol. The molecule has 1 aromatic carbocycles. The van der Waals surface area contributed by atoms with Crippen molar-refractivity contribution in [1.82, 2.24) is 9.80 Å². The largest absolute Gasteiger partial charge is 0.480 e. The molecule has 2 aliphatic rings. The first-order chi connectivity index (χ1) is 11.6. The topological polar surface area (TPSA) is 64.1 Å². The number of para-hydroxylation sites is 1. The third-order valence-electron chi connectivity index (χ3n) is 4.95. The van der Waals surface area contributed by atoms with Crippen molar-refractivity contribution in [3.8, 4) is 0 Å². The van der Waals surface area contributed by atoms with Crippen LogP contribution in [0.5, 0.6) is 0 Å². The number of aliphatic carboxylic acids is 1. The second-order valence-electron chi connectivity index (χ2n) is 6.52. The molecule has 1 atom stereocenters. The van der Waals surface area contributed by atoms with E-state index in [1.165, 1.54) is 10.6 Å². The van der Waals surface area contributed by atoms with E-state index >= 15 is 0 Å². The minimum atomic E-state index is -0.933. The summed E-state index contributed by atoms with van der Waals surface area (Å²) in [7, 11) is 0. The highest BCUT2D eigenvalue weighted by Crippen LogP contribution is 2.21. The molecule has 1 N–H and O–H groups in total. The molecule has 24 heavy (non-hydrogen) atoms. The van der Waals surface area contributed by atoms with E-state index in [1.54, 1.807) is 0 Å². The Morgan fingerprint density at radius 3 is 2.42 bits per heavy atom. The Bertz CT molecular complexity index is 570. The van der Waals surface area contributed by atoms with Crippen LogP contribution < -0.4 is 4.90 Å². The molecule has 6 heteroatoms. The third kappa shape index (κ3) is 3.87. The first kappa shape index (κ1) is 16.8. The van der Waals surface area contributed by atoms with E-state index in [2.05, 4.69) is 21.9 Å². The van der Waals surface area contributed by atoms with Gasteiger partial charge in [0.25, 0.3) is 0 Å². The number of hydrogen-bond donors (Lipinski definition) is 1. The second kappa shape index (κ2) is 7.66. The number of piperazine rings is 1. The van der Waals surface area contributed by atoms with Crippen LogP contribution in [-0.2, 0) is 9.59 Å². The van der Waals surface area contributed by atoms with E-state index in [0.717, 1.165) is 45.4 Å². The van der Waals surface area contributed by atoms with E-state index in [1.807, 2.05) is 18.2 Å². The van der Waals surface area contributed by atoms with Gasteiger partial charge in [0.05, 0.1) is 6.04 Å². The van der Waals surface area contributed by atoms with Crippen LogP contribution in [0.4, 0.5) is 5.69 Å². The molecule has 2 fully saturated rings. The van der Waals surface area contributed by atoms with E-state index in [4.69, 9.17) is 5.11 Å². The van der Waals surface area contributed by atoms with Gasteiger partial charge in [0, 0.05) is 38.4 Å². The summed E-state index contributed by atoms with van der Waals surface area (Å²) in [5.41, 5.74) is 1.22. The predicted octanol–water partition coefficient (Wildman–Crippen LogP) is 1.27. The van der Waals surface area contributed by atoms with Crippen LogP contribution in [-0.4, -0.2) is 72.1 Å². The minimum Gasteiger partial charge on any atom is -0.480 e. The summed E-state index contributed by atoms with van der Waals surface area (Å²) in [5, 5.41) is 9.02. The SMILES string of the molecule is O=C(O)CN1CCCCC(N2CCN(c3ccccc3)CC2)C1=O. The number of anilines is 1. The van der Waals surface area contributed by atoms with Crippen molar-refractivity contribution in [2.75, 3.05) is 44.2 Å². The summed E-state index contributed by atoms with van der Waals surface area (Å²) < 4.78 is 0. The quantitative estimate of drug-likeness (QED) is 0.900. The Balaban J connectivity index is 1.62. The molecule has 0 aliphatic carbocycles. The van der Waals surface area contributed by atoms with Crippen molar-refractivity contribution in [3.63, 3.8) is 0 Å². The van der Waals surface area contributed by atoms with Crippen molar-refractivity contribution >= 4 is 17.6 Å². The number of amides is 1. The number of carbonyl (C=O) groups excluding carboxylic acids is 1. The van der Waals surface area contributed by atoms with Crippen LogP contribution in [0.1, 0.15) is 19.3 Å². The summed E-state index contributed by atoms with van der Waals surface area (Å²) in [5.74, 6) is -0.944. The Labute approximate surface area is 142 Å². The number of carbonyl (C=O) groups is 2. The van der Waals surface area contributed by atoms with Gasteiger partial charge in [0.15, 0.2) is 0 Å². The zero-order valence-electron chi connectivity index (χ0n) is 13.9. The van der Waals surface area contributed by atoms with E-state index in [-0.39, 0.29) is 18.5 Å². The molecule has 1 unspecified atom stereocenters. The Kier molecular flexibility index (Phi) is 5.35. The van der Waals surface area contributed by atoms with Crippen molar-refractivity contribution < 1.29 is 14.7 Å². The molecule has 0 spiro atoms. The summed E-state index contributed by atoms with van der Waals surface area (Å²) in [4.78, 5) is 29.8. The van der Waals surface area contributed by atoms with Gasteiger partial charge in [0.1, 0.15) is 6.54 Å². The molecule has 0 saturated carbocycles. The lowest BCUT2D eigenvalue weighted by atomic mass is 10.1. The molecule has 0 bridgehead atoms. The van der Waals surface area contributed by atoms with Crippen LogP contribution in [0.15, 0.2) is 30.3 Å². The van der Waals surface area contributed by atoms with Gasteiger partial charge >= 0.3 is 5.97 Å². The summed E-state index contributed by atoms with van der Waals surface area (Å²) in [6, 6.07) is 10.2. The van der Waals surface area contributed by atoms with Gasteiger partial charge in [-0.3, -0.25) is 14.5 Å². The van der Waals surface area contributed by atoms with Gasteiger partial charge in [-0.2, -0.15) is 0 Å². The highest BCUT2D eigenvalue weighted by Gasteiger charge is 2.34. The maximum atomic E-state index is 12.7. The number of carboxylic acids is 1. The molecule has 2 heterocycles. The van der Waals surface area contributed by atoms with Crippen molar-refractivity contribution in [2.24, 2.45) is 0 Å². The summed E-state index contributed by atoms with van der Waals surface area (Å²) in [6.07, 6.45) is 2.70. The second-order valence-corrected chi connectivity index (χ2v) is 6.52. The molecule has 2 aliphatic heterocycles. The molecule has 130 valence electrons. The van der Waals surface area contributed by atoms with E-state index in [0.29, 0.717) is 6.54 Å². The fraction of sp³-hybridized carbons (Fsp3) is 0.556. The molecular weight excluding hydrogens is 306 g/mol. The van der Waals surface area contributed by atoms with Crippen LogP contribution >= 0.6 is 0 Å². The van der Waals surface area contributed by atoms with Crippen LogP contribution in [0.25, 0.3) is 0 Å². The zero-order chi connectivity index (χ0) is 16.9. The van der Waals surface area contributed by atoms with Gasteiger partial charge < -0.3 is 14.9 Å². The summed E-state index contributed by atoms with van der Waals surface area (Å²) >= 11 is 0. The van der Waals surface area contributed by atoms with Gasteiger partial charge in [-0.25, -0.2) is 0 Å². The molecule has 1 aromatic rings. The number of benzene rings is 1. The number of nitrogens with zero attached hydrogens (tertiary/aromatic N) is 3. The monoisotopic (exact) mass is 331 g/mol. The number of rotatable bonds is 4. The van der Waals surface area contributed by atoms with Gasteiger partial charge in [-0.15, -0.1) is 0 Å². The summed E-state index contributed by atoms with van der Waals surface area (Å²) in [6.45, 7) is 3.85. The molecule has 6 nitrogen and oxygen atoms in total. The molecule has 1 amide bonds. The van der Waals surface area contributed by atoms with Crippen LogP contribution in [0.3, 0.4) is 0 Å². The Morgan fingerprint density at radius 1 is 1.04 bits per heavy atom. The van der Waals surface area contributed by atoms with Gasteiger partial charge in [-0.05, 0) is 31.4 Å². The molecular formula is C18H25N3O3. The standard InChI is InChI=1S/C18H25N3O3/c22-17(23)14-21-9-5-4-8-16(18(21)24)20-12-10-19(11-13-20)15-6-2-1-3-7-15/h1-3,6-7,16H,4-5,8-14H2,(H,22,23). The Morgan fingerprint density at radius 2 is 1.75 bits per heavy atom. The molecule has 0 radical (unpaired) electrons. The molecule has 0 aromatic heterocycles. The maximum absolute atomic E-state index is 12.7.